The zero-order valence-electron chi connectivity index (χ0n) is 14.8. The zero-order chi connectivity index (χ0) is 21.5. The van der Waals surface area contributed by atoms with Crippen molar-refractivity contribution < 1.29 is 22.7 Å². The van der Waals surface area contributed by atoms with E-state index in [1.165, 1.54) is 18.2 Å². The first kappa shape index (κ1) is 20.1. The molecule has 0 fully saturated rings. The second-order valence-corrected chi connectivity index (χ2v) is 6.89. The first-order chi connectivity index (χ1) is 14.2. The van der Waals surface area contributed by atoms with Crippen molar-refractivity contribution in [2.24, 2.45) is 0 Å². The van der Waals surface area contributed by atoms with Gasteiger partial charge in [-0.3, -0.25) is 4.98 Å². The van der Waals surface area contributed by atoms with E-state index < -0.39 is 41.0 Å². The molecule has 154 valence electrons. The van der Waals surface area contributed by atoms with Crippen molar-refractivity contribution in [3.8, 4) is 0 Å². The maximum Gasteiger partial charge on any atom is 0.325 e. The van der Waals surface area contributed by atoms with Crippen molar-refractivity contribution in [1.29, 1.82) is 0 Å². The van der Waals surface area contributed by atoms with Crippen LogP contribution in [0.4, 0.5) is 17.6 Å². The molecule has 0 amide bonds. The van der Waals surface area contributed by atoms with E-state index in [-0.39, 0.29) is 11.0 Å². The normalized spacial score (nSPS) is 14.1. The van der Waals surface area contributed by atoms with E-state index in [1.807, 2.05) is 0 Å². The molecule has 0 aliphatic rings. The summed E-state index contributed by atoms with van der Waals surface area (Å²) < 4.78 is 59.9. The van der Waals surface area contributed by atoms with Crippen LogP contribution < -0.4 is 0 Å². The number of hydrogen-bond acceptors (Lipinski definition) is 6. The Bertz CT molecular complexity index is 1220. The van der Waals surface area contributed by atoms with Gasteiger partial charge in [0.2, 0.25) is 0 Å². The number of halogens is 5. The lowest BCUT2D eigenvalue weighted by Crippen LogP contribution is -2.48. The molecule has 7 nitrogen and oxygen atoms in total. The van der Waals surface area contributed by atoms with Gasteiger partial charge in [0.15, 0.2) is 5.60 Å². The molecule has 0 saturated heterocycles. The fraction of sp³-hybridized carbons (Fsp3) is 0.167. The lowest BCUT2D eigenvalue weighted by atomic mass is 9.85. The quantitative estimate of drug-likeness (QED) is 0.481. The molecular formula is C18H11ClF4N6O. The van der Waals surface area contributed by atoms with E-state index in [9.17, 15) is 13.9 Å². The molecule has 1 unspecified atom stereocenters. The minimum absolute atomic E-state index is 0.0842. The van der Waals surface area contributed by atoms with Crippen molar-refractivity contribution in [2.45, 2.75) is 18.1 Å². The number of hydrogen-bond donors (Lipinski definition) is 1. The number of aliphatic hydroxyl groups is 1. The van der Waals surface area contributed by atoms with Gasteiger partial charge in [-0.25, -0.2) is 18.4 Å². The lowest BCUT2D eigenvalue weighted by Gasteiger charge is -2.35. The molecule has 0 aliphatic heterocycles. The summed E-state index contributed by atoms with van der Waals surface area (Å²) in [6, 6.07) is 6.13. The van der Waals surface area contributed by atoms with Crippen molar-refractivity contribution >= 4 is 22.6 Å². The third-order valence-electron chi connectivity index (χ3n) is 4.50. The average molecular weight is 439 g/mol. The monoisotopic (exact) mass is 438 g/mol. The third-order valence-corrected chi connectivity index (χ3v) is 4.74. The number of aromatic nitrogens is 6. The SMILES string of the molecule is OC(Cn1cnnn1)(c1ccc(F)cc1F)C(F)(F)c1cnc2cc(Cl)ccc2n1. The zero-order valence-corrected chi connectivity index (χ0v) is 15.6. The molecule has 0 bridgehead atoms. The van der Waals surface area contributed by atoms with Gasteiger partial charge in [0, 0.05) is 16.7 Å². The van der Waals surface area contributed by atoms with Crippen LogP contribution in [-0.2, 0) is 18.1 Å². The van der Waals surface area contributed by atoms with Crippen molar-refractivity contribution in [1.82, 2.24) is 30.2 Å². The Balaban J connectivity index is 1.89. The van der Waals surface area contributed by atoms with E-state index in [4.69, 9.17) is 11.6 Å². The maximum atomic E-state index is 15.6. The Morgan fingerprint density at radius 3 is 2.57 bits per heavy atom. The number of alkyl halides is 2. The van der Waals surface area contributed by atoms with Crippen LogP contribution in [0, 0.1) is 11.6 Å². The molecule has 0 saturated carbocycles. The molecule has 12 heteroatoms. The molecule has 30 heavy (non-hydrogen) atoms. The summed E-state index contributed by atoms with van der Waals surface area (Å²) in [5, 5.41) is 21.5. The maximum absolute atomic E-state index is 15.6. The highest BCUT2D eigenvalue weighted by molar-refractivity contribution is 6.31. The standard InChI is InChI=1S/C18H11ClF4N6O/c19-10-1-4-14-15(5-10)24-7-16(26-14)18(22,23)17(30,8-29-9-25-27-28-29)12-3-2-11(20)6-13(12)21/h1-7,9,30H,8H2. The van der Waals surface area contributed by atoms with Gasteiger partial charge in [-0.05, 0) is 40.8 Å². The second kappa shape index (κ2) is 7.26. The first-order valence-electron chi connectivity index (χ1n) is 8.40. The summed E-state index contributed by atoms with van der Waals surface area (Å²) in [4.78, 5) is 7.78. The summed E-state index contributed by atoms with van der Waals surface area (Å²) >= 11 is 5.86. The van der Waals surface area contributed by atoms with Gasteiger partial charge in [-0.15, -0.1) is 5.10 Å². The average Bonchev–Trinajstić information content (AvgIpc) is 3.20. The summed E-state index contributed by atoms with van der Waals surface area (Å²) in [6.45, 7) is -0.949. The van der Waals surface area contributed by atoms with E-state index >= 15 is 8.78 Å². The predicted octanol–water partition coefficient (Wildman–Crippen LogP) is 3.23. The molecule has 0 radical (unpaired) electrons. The number of rotatable bonds is 5. The molecule has 2 heterocycles. The summed E-state index contributed by atoms with van der Waals surface area (Å²) in [5.41, 5.74) is -4.69. The number of tetrazole rings is 1. The van der Waals surface area contributed by atoms with Gasteiger partial charge in [0.1, 0.15) is 23.7 Å². The fourth-order valence-corrected chi connectivity index (χ4v) is 3.18. The second-order valence-electron chi connectivity index (χ2n) is 6.45. The molecule has 0 spiro atoms. The topological polar surface area (TPSA) is 89.6 Å². The summed E-state index contributed by atoms with van der Waals surface area (Å²) in [5.74, 6) is -6.55. The lowest BCUT2D eigenvalue weighted by molar-refractivity contribution is -0.207. The smallest absolute Gasteiger partial charge is 0.325 e. The van der Waals surface area contributed by atoms with Crippen LogP contribution in [0.15, 0.2) is 48.9 Å². The molecule has 1 N–H and O–H groups in total. The van der Waals surface area contributed by atoms with Gasteiger partial charge >= 0.3 is 5.92 Å². The van der Waals surface area contributed by atoms with Gasteiger partial charge in [0.25, 0.3) is 0 Å². The summed E-state index contributed by atoms with van der Waals surface area (Å²) in [7, 11) is 0. The highest BCUT2D eigenvalue weighted by atomic mass is 35.5. The van der Waals surface area contributed by atoms with Crippen molar-refractivity contribution in [2.75, 3.05) is 0 Å². The fourth-order valence-electron chi connectivity index (χ4n) is 3.01. The molecule has 4 aromatic rings. The summed E-state index contributed by atoms with van der Waals surface area (Å²) in [6.07, 6.45) is 1.72. The predicted molar refractivity (Wildman–Crippen MR) is 96.5 cm³/mol. The first-order valence-corrected chi connectivity index (χ1v) is 8.78. The Morgan fingerprint density at radius 1 is 1.07 bits per heavy atom. The highest BCUT2D eigenvalue weighted by Gasteiger charge is 2.58. The van der Waals surface area contributed by atoms with Crippen molar-refractivity contribution in [3.63, 3.8) is 0 Å². The van der Waals surface area contributed by atoms with Crippen LogP contribution in [0.3, 0.4) is 0 Å². The highest BCUT2D eigenvalue weighted by Crippen LogP contribution is 2.46. The number of benzene rings is 2. The van der Waals surface area contributed by atoms with Gasteiger partial charge in [0.05, 0.1) is 23.8 Å². The van der Waals surface area contributed by atoms with E-state index in [0.29, 0.717) is 11.1 Å². The molecule has 1 atom stereocenters. The Kier molecular flexibility index (Phi) is 4.86. The van der Waals surface area contributed by atoms with Crippen LogP contribution in [0.1, 0.15) is 11.3 Å². The third kappa shape index (κ3) is 3.35. The molecular weight excluding hydrogens is 428 g/mol. The number of fused-ring (bicyclic) bond motifs is 1. The van der Waals surface area contributed by atoms with E-state index in [1.54, 1.807) is 0 Å². The largest absolute Gasteiger partial charge is 0.377 e. The Hall–Kier alpha value is -3.18. The van der Waals surface area contributed by atoms with E-state index in [0.717, 1.165) is 29.3 Å². The van der Waals surface area contributed by atoms with Crippen LogP contribution in [0.2, 0.25) is 5.02 Å². The van der Waals surface area contributed by atoms with Crippen molar-refractivity contribution in [3.05, 3.63) is 76.8 Å². The minimum Gasteiger partial charge on any atom is -0.377 e. The number of nitrogens with zero attached hydrogens (tertiary/aromatic N) is 6. The minimum atomic E-state index is -4.18. The molecule has 2 aromatic carbocycles. The molecule has 4 rings (SSSR count). The van der Waals surface area contributed by atoms with Gasteiger partial charge in [-0.1, -0.05) is 11.6 Å². The Labute approximate surface area is 171 Å². The van der Waals surface area contributed by atoms with Crippen LogP contribution in [0.25, 0.3) is 11.0 Å². The van der Waals surface area contributed by atoms with Crippen LogP contribution >= 0.6 is 11.6 Å². The van der Waals surface area contributed by atoms with Gasteiger partial charge < -0.3 is 5.11 Å². The Morgan fingerprint density at radius 2 is 1.87 bits per heavy atom. The van der Waals surface area contributed by atoms with Crippen LogP contribution in [0.5, 0.6) is 0 Å². The van der Waals surface area contributed by atoms with Gasteiger partial charge in [-0.2, -0.15) is 8.78 Å². The molecule has 0 aliphatic carbocycles. The molecule has 2 aromatic heterocycles. The van der Waals surface area contributed by atoms with E-state index in [2.05, 4.69) is 25.5 Å². The van der Waals surface area contributed by atoms with Crippen LogP contribution in [-0.4, -0.2) is 35.3 Å².